The van der Waals surface area contributed by atoms with Crippen LogP contribution >= 0.6 is 0 Å². The number of hydrogen-bond donors (Lipinski definition) is 0. The van der Waals surface area contributed by atoms with Gasteiger partial charge in [0.05, 0.1) is 32.8 Å². The molecule has 0 aromatic rings. The number of likely N-dealkylation sites (N-methyl/N-ethyl adjacent to an activating group) is 1. The Morgan fingerprint density at radius 1 is 1.50 bits per heavy atom. The molecule has 4 heteroatoms. The van der Waals surface area contributed by atoms with Crippen molar-refractivity contribution in [1.82, 2.24) is 0 Å². The minimum Gasteiger partial charge on any atom is -1.00 e. The lowest BCUT2D eigenvalue weighted by Gasteiger charge is -2.29. The molecule has 3 nitrogen and oxygen atoms in total. The maximum atomic E-state index is 11.1. The van der Waals surface area contributed by atoms with Crippen LogP contribution in [0.2, 0.25) is 0 Å². The number of rotatable bonds is 4. The molecule has 1 fully saturated rings. The van der Waals surface area contributed by atoms with Gasteiger partial charge >= 0.3 is 5.97 Å². The molecule has 0 aromatic heterocycles. The molecule has 1 saturated carbocycles. The molecule has 1 aliphatic rings. The lowest BCUT2D eigenvalue weighted by molar-refractivity contribution is -0.896. The van der Waals surface area contributed by atoms with Crippen LogP contribution in [0.1, 0.15) is 12.8 Å². The zero-order valence-corrected chi connectivity index (χ0v) is 11.2. The van der Waals surface area contributed by atoms with E-state index >= 15 is 0 Å². The van der Waals surface area contributed by atoms with E-state index in [0.29, 0.717) is 18.2 Å². The van der Waals surface area contributed by atoms with Gasteiger partial charge in [-0.2, -0.15) is 0 Å². The maximum Gasteiger partial charge on any atom is 0.338 e. The second-order valence-electron chi connectivity index (χ2n) is 4.26. The van der Waals surface area contributed by atoms with Gasteiger partial charge in [0.2, 0.25) is 0 Å². The highest BCUT2D eigenvalue weighted by atomic mass is 127. The largest absolute Gasteiger partial charge is 1.00 e. The van der Waals surface area contributed by atoms with Crippen LogP contribution in [0.15, 0.2) is 12.2 Å². The molecule has 0 unspecified atom stereocenters. The second-order valence-corrected chi connectivity index (χ2v) is 4.26. The molecular formula is C10H18INO2. The minimum atomic E-state index is -0.285. The van der Waals surface area contributed by atoms with E-state index in [9.17, 15) is 4.79 Å². The van der Waals surface area contributed by atoms with Crippen LogP contribution in [0, 0.1) is 0 Å². The zero-order valence-electron chi connectivity index (χ0n) is 9.05. The number of nitrogens with zero attached hydrogens (tertiary/aromatic N) is 1. The summed E-state index contributed by atoms with van der Waals surface area (Å²) in [4.78, 5) is 11.1. The van der Waals surface area contributed by atoms with Crippen LogP contribution in [-0.2, 0) is 9.53 Å². The number of hydrogen-bond acceptors (Lipinski definition) is 2. The minimum absolute atomic E-state index is 0. The fourth-order valence-electron chi connectivity index (χ4n) is 1.60. The Morgan fingerprint density at radius 3 is 2.36 bits per heavy atom. The molecule has 0 saturated heterocycles. The summed E-state index contributed by atoms with van der Waals surface area (Å²) < 4.78 is 5.46. The molecular weight excluding hydrogens is 293 g/mol. The summed E-state index contributed by atoms with van der Waals surface area (Å²) in [7, 11) is 5.65. The number of ether oxygens (including phenoxy) is 1. The SMILES string of the molecule is C=C(C[N+](C)(C)C1CC1)C(=O)OC.[I-]. The van der Waals surface area contributed by atoms with E-state index < -0.39 is 0 Å². The lowest BCUT2D eigenvalue weighted by atomic mass is 10.2. The molecule has 1 aliphatic carbocycles. The van der Waals surface area contributed by atoms with Crippen LogP contribution in [0.4, 0.5) is 0 Å². The van der Waals surface area contributed by atoms with Gasteiger partial charge in [-0.15, -0.1) is 0 Å². The van der Waals surface area contributed by atoms with E-state index in [2.05, 4.69) is 25.4 Å². The van der Waals surface area contributed by atoms with Gasteiger partial charge < -0.3 is 33.2 Å². The summed E-state index contributed by atoms with van der Waals surface area (Å²) in [6, 6.07) is 0.710. The summed E-state index contributed by atoms with van der Waals surface area (Å²) in [6.45, 7) is 4.42. The average Bonchev–Trinajstić information content (AvgIpc) is 2.84. The Labute approximate surface area is 103 Å². The fraction of sp³-hybridized carbons (Fsp3) is 0.700. The first-order valence-corrected chi connectivity index (χ1v) is 4.56. The highest BCUT2D eigenvalue weighted by Crippen LogP contribution is 2.31. The maximum absolute atomic E-state index is 11.1. The molecule has 0 bridgehead atoms. The highest BCUT2D eigenvalue weighted by Gasteiger charge is 2.39. The monoisotopic (exact) mass is 311 g/mol. The van der Waals surface area contributed by atoms with Crippen LogP contribution in [-0.4, -0.2) is 44.2 Å². The quantitative estimate of drug-likeness (QED) is 0.259. The molecule has 0 amide bonds. The van der Waals surface area contributed by atoms with E-state index in [4.69, 9.17) is 0 Å². The Morgan fingerprint density at radius 2 is 2.00 bits per heavy atom. The topological polar surface area (TPSA) is 26.3 Å². The molecule has 0 atom stereocenters. The van der Waals surface area contributed by atoms with Gasteiger partial charge in [0.1, 0.15) is 6.54 Å². The normalized spacial score (nSPS) is 15.6. The van der Waals surface area contributed by atoms with Crippen molar-refractivity contribution in [2.45, 2.75) is 18.9 Å². The van der Waals surface area contributed by atoms with Crippen molar-refractivity contribution in [3.05, 3.63) is 12.2 Å². The Kier molecular flexibility index (Phi) is 5.08. The van der Waals surface area contributed by atoms with E-state index in [1.165, 1.54) is 20.0 Å². The third kappa shape index (κ3) is 3.57. The third-order valence-electron chi connectivity index (χ3n) is 2.61. The van der Waals surface area contributed by atoms with E-state index in [-0.39, 0.29) is 29.9 Å². The van der Waals surface area contributed by atoms with Crippen molar-refractivity contribution in [2.75, 3.05) is 27.7 Å². The number of carbonyl (C=O) groups excluding carboxylic acids is 1. The fourth-order valence-corrected chi connectivity index (χ4v) is 1.60. The van der Waals surface area contributed by atoms with Crippen LogP contribution in [0.25, 0.3) is 0 Å². The van der Waals surface area contributed by atoms with Gasteiger partial charge in [-0.25, -0.2) is 4.79 Å². The molecule has 0 aliphatic heterocycles. The van der Waals surface area contributed by atoms with Gasteiger partial charge in [0.25, 0.3) is 0 Å². The Hall–Kier alpha value is -0.100. The van der Waals surface area contributed by atoms with Crippen molar-refractivity contribution < 1.29 is 38.0 Å². The summed E-state index contributed by atoms with van der Waals surface area (Å²) in [5.41, 5.74) is 0.569. The van der Waals surface area contributed by atoms with Gasteiger partial charge in [0, 0.05) is 12.8 Å². The third-order valence-corrected chi connectivity index (χ3v) is 2.61. The Balaban J connectivity index is 0.00000169. The summed E-state index contributed by atoms with van der Waals surface area (Å²) in [5, 5.41) is 0. The molecule has 0 spiro atoms. The smallest absolute Gasteiger partial charge is 0.338 e. The lowest BCUT2D eigenvalue weighted by Crippen LogP contribution is -3.00. The molecule has 0 heterocycles. The van der Waals surface area contributed by atoms with Crippen molar-refractivity contribution >= 4 is 5.97 Å². The summed E-state index contributed by atoms with van der Waals surface area (Å²) in [6.07, 6.45) is 2.53. The van der Waals surface area contributed by atoms with Gasteiger partial charge in [0.15, 0.2) is 0 Å². The molecule has 14 heavy (non-hydrogen) atoms. The Bertz CT molecular complexity index is 234. The molecule has 0 N–H and O–H groups in total. The highest BCUT2D eigenvalue weighted by molar-refractivity contribution is 5.87. The zero-order chi connectivity index (χ0) is 10.1. The predicted molar refractivity (Wildman–Crippen MR) is 51.2 cm³/mol. The van der Waals surface area contributed by atoms with E-state index in [1.54, 1.807) is 0 Å². The van der Waals surface area contributed by atoms with Crippen molar-refractivity contribution in [2.24, 2.45) is 0 Å². The molecule has 82 valence electrons. The van der Waals surface area contributed by atoms with Crippen molar-refractivity contribution in [3.63, 3.8) is 0 Å². The first-order chi connectivity index (χ1) is 5.97. The average molecular weight is 311 g/mol. The number of halogens is 1. The summed E-state index contributed by atoms with van der Waals surface area (Å²) in [5.74, 6) is -0.285. The van der Waals surface area contributed by atoms with Gasteiger partial charge in [-0.3, -0.25) is 0 Å². The van der Waals surface area contributed by atoms with Gasteiger partial charge in [-0.05, 0) is 0 Å². The van der Waals surface area contributed by atoms with E-state index in [1.807, 2.05) is 0 Å². The predicted octanol–water partition coefficient (Wildman–Crippen LogP) is -2.04. The van der Waals surface area contributed by atoms with Crippen molar-refractivity contribution in [1.29, 1.82) is 0 Å². The molecule has 1 rings (SSSR count). The first kappa shape index (κ1) is 13.9. The number of esters is 1. The van der Waals surface area contributed by atoms with Crippen LogP contribution < -0.4 is 24.0 Å². The summed E-state index contributed by atoms with van der Waals surface area (Å²) >= 11 is 0. The molecule has 0 radical (unpaired) electrons. The number of quaternary nitrogens is 1. The van der Waals surface area contributed by atoms with Crippen LogP contribution in [0.5, 0.6) is 0 Å². The number of carbonyl (C=O) groups is 1. The van der Waals surface area contributed by atoms with Crippen molar-refractivity contribution in [3.8, 4) is 0 Å². The second kappa shape index (κ2) is 5.11. The van der Waals surface area contributed by atoms with Crippen LogP contribution in [0.3, 0.4) is 0 Å². The number of methoxy groups -OCH3 is 1. The molecule has 0 aromatic carbocycles. The first-order valence-electron chi connectivity index (χ1n) is 4.56. The van der Waals surface area contributed by atoms with E-state index in [0.717, 1.165) is 4.48 Å². The standard InChI is InChI=1S/C10H18NO2.HI/c1-8(10(12)13-4)7-11(2,3)9-5-6-9;/h9H,1,5-7H2,2-4H3;1H/q+1;/p-1. The van der Waals surface area contributed by atoms with Gasteiger partial charge in [-0.1, -0.05) is 6.58 Å².